The summed E-state index contributed by atoms with van der Waals surface area (Å²) < 4.78 is 14.6. The molecular weight excluding hydrogens is 627 g/mol. The van der Waals surface area contributed by atoms with Crippen molar-refractivity contribution in [2.45, 2.75) is 32.0 Å². The predicted molar refractivity (Wildman–Crippen MR) is 173 cm³/mol. The van der Waals surface area contributed by atoms with Crippen molar-refractivity contribution in [2.75, 3.05) is 37.2 Å². The van der Waals surface area contributed by atoms with E-state index in [1.807, 2.05) is 4.90 Å². The molecule has 0 saturated heterocycles. The Labute approximate surface area is 274 Å². The maximum absolute atomic E-state index is 12.8. The molecule has 0 bridgehead atoms. The summed E-state index contributed by atoms with van der Waals surface area (Å²) in [4.78, 5) is 67.9. The lowest BCUT2D eigenvalue weighted by Gasteiger charge is -2.20. The van der Waals surface area contributed by atoms with E-state index < -0.39 is 37.1 Å². The molecule has 2 amide bonds. The van der Waals surface area contributed by atoms with Crippen molar-refractivity contribution in [3.05, 3.63) is 71.5 Å². The largest absolute Gasteiger partial charge is 0.488 e. The van der Waals surface area contributed by atoms with Gasteiger partial charge in [0.15, 0.2) is 17.0 Å². The lowest BCUT2D eigenvalue weighted by atomic mass is 9.80. The van der Waals surface area contributed by atoms with Gasteiger partial charge >= 0.3 is 25.2 Å². The van der Waals surface area contributed by atoms with Crippen molar-refractivity contribution < 1.29 is 43.4 Å². The molecular formula is C30H33BN8O9. The zero-order chi connectivity index (χ0) is 34.8. The first kappa shape index (κ1) is 35.0. The lowest BCUT2D eigenvalue weighted by Crippen LogP contribution is -2.41. The first-order chi connectivity index (χ1) is 23.0. The molecule has 2 heterocycles. The highest BCUT2D eigenvalue weighted by Crippen LogP contribution is 2.21. The second-order valence-corrected chi connectivity index (χ2v) is 10.3. The highest BCUT2D eigenvalue weighted by Gasteiger charge is 2.23. The van der Waals surface area contributed by atoms with Gasteiger partial charge in [-0.25, -0.2) is 19.6 Å². The third-order valence-corrected chi connectivity index (χ3v) is 6.97. The molecule has 0 aliphatic rings. The molecule has 0 aliphatic heterocycles. The van der Waals surface area contributed by atoms with Crippen LogP contribution in [0.25, 0.3) is 11.2 Å². The van der Waals surface area contributed by atoms with E-state index in [0.29, 0.717) is 16.7 Å². The molecule has 1 atom stereocenters. The van der Waals surface area contributed by atoms with Crippen LogP contribution in [0.1, 0.15) is 34.5 Å². The quantitative estimate of drug-likeness (QED) is 0.0735. The van der Waals surface area contributed by atoms with E-state index >= 15 is 0 Å². The molecule has 4 rings (SSSR count). The Morgan fingerprint density at radius 1 is 0.979 bits per heavy atom. The number of aromatic nitrogens is 4. The van der Waals surface area contributed by atoms with E-state index in [-0.39, 0.29) is 54.5 Å². The topological polar surface area (TPSA) is 241 Å². The number of nitrogens with two attached hydrogens (primary N) is 1. The van der Waals surface area contributed by atoms with Crippen LogP contribution in [0.2, 0.25) is 0 Å². The maximum Gasteiger partial charge on any atom is 0.488 e. The molecule has 0 saturated carbocycles. The van der Waals surface area contributed by atoms with Crippen molar-refractivity contribution in [2.24, 2.45) is 0 Å². The second kappa shape index (κ2) is 16.1. The van der Waals surface area contributed by atoms with E-state index in [1.165, 1.54) is 32.5 Å². The number of hydrogen-bond donors (Lipinski definition) is 5. The third kappa shape index (κ3) is 9.33. The average Bonchev–Trinajstić information content (AvgIpc) is 3.08. The van der Waals surface area contributed by atoms with Crippen molar-refractivity contribution in [3.63, 3.8) is 0 Å². The Balaban J connectivity index is 1.41. The number of nitrogens with one attached hydrogen (secondary N) is 2. The number of carbonyl (C=O) groups excluding carboxylic acids is 4. The number of hydrogen-bond acceptors (Lipinski definition) is 15. The van der Waals surface area contributed by atoms with Crippen LogP contribution in [-0.2, 0) is 37.0 Å². The van der Waals surface area contributed by atoms with E-state index in [1.54, 1.807) is 43.4 Å². The van der Waals surface area contributed by atoms with Crippen LogP contribution in [0.5, 0.6) is 0 Å². The molecule has 250 valence electrons. The number of rotatable bonds is 13. The Kier molecular flexibility index (Phi) is 11.7. The molecule has 2 aromatic heterocycles. The predicted octanol–water partition coefficient (Wildman–Crippen LogP) is 0.292. The summed E-state index contributed by atoms with van der Waals surface area (Å²) in [7, 11) is 2.61. The van der Waals surface area contributed by atoms with Gasteiger partial charge in [0.2, 0.25) is 5.95 Å². The molecule has 48 heavy (non-hydrogen) atoms. The van der Waals surface area contributed by atoms with Gasteiger partial charge < -0.3 is 40.2 Å². The SMILES string of the molecule is COC(=O)CCC(NC(=O)c1ccc(N(C)Cc2cnc3nc(N)nc(NC(=O)OCc4ccc(B(O)O)cc4)c3n2)cc1)C(=O)OC. The summed E-state index contributed by atoms with van der Waals surface area (Å²) in [5, 5.41) is 23.6. The summed E-state index contributed by atoms with van der Waals surface area (Å²) in [6, 6.07) is 11.7. The summed E-state index contributed by atoms with van der Waals surface area (Å²) in [6.45, 7) is 0.161. The number of amides is 2. The number of methoxy groups -OCH3 is 2. The fraction of sp³-hybridized carbons (Fsp3) is 0.267. The highest BCUT2D eigenvalue weighted by molar-refractivity contribution is 6.58. The molecule has 4 aromatic rings. The molecule has 0 fully saturated rings. The van der Waals surface area contributed by atoms with Crippen molar-refractivity contribution in [3.8, 4) is 0 Å². The van der Waals surface area contributed by atoms with E-state index in [4.69, 9.17) is 15.2 Å². The van der Waals surface area contributed by atoms with Gasteiger partial charge in [0, 0.05) is 24.7 Å². The fourth-order valence-corrected chi connectivity index (χ4v) is 4.39. The van der Waals surface area contributed by atoms with Crippen LogP contribution in [0.15, 0.2) is 54.7 Å². The zero-order valence-corrected chi connectivity index (χ0v) is 26.2. The van der Waals surface area contributed by atoms with Crippen LogP contribution in [0.4, 0.5) is 22.2 Å². The van der Waals surface area contributed by atoms with Crippen molar-refractivity contribution in [1.29, 1.82) is 0 Å². The minimum absolute atomic E-state index is 0.00883. The fourth-order valence-electron chi connectivity index (χ4n) is 4.39. The number of nitrogens with zero attached hydrogens (tertiary/aromatic N) is 5. The first-order valence-corrected chi connectivity index (χ1v) is 14.4. The minimum Gasteiger partial charge on any atom is -0.469 e. The van der Waals surface area contributed by atoms with Gasteiger partial charge in [-0.15, -0.1) is 0 Å². The Morgan fingerprint density at radius 3 is 2.33 bits per heavy atom. The summed E-state index contributed by atoms with van der Waals surface area (Å²) in [5.74, 6) is -1.88. The third-order valence-electron chi connectivity index (χ3n) is 6.97. The molecule has 18 heteroatoms. The number of ether oxygens (including phenoxy) is 3. The number of esters is 2. The number of fused-ring (bicyclic) bond motifs is 1. The van der Waals surface area contributed by atoms with Gasteiger partial charge in [0.25, 0.3) is 5.91 Å². The van der Waals surface area contributed by atoms with E-state index in [0.717, 1.165) is 5.69 Å². The standard InChI is InChI=1S/C30H33BN8O9/c1-39(21-10-6-18(7-11-21)27(41)35-22(28(42)47-3)12-13-23(40)46-2)15-20-14-33-25-24(34-20)26(37-29(32)36-25)38-30(43)48-16-17-4-8-19(9-5-17)31(44)45/h4-11,14,22,44-45H,12-13,15-16H2,1-3H3,(H,35,41)(H3,32,33,36,37,38,43). The van der Waals surface area contributed by atoms with E-state index in [2.05, 4.69) is 35.3 Å². The lowest BCUT2D eigenvalue weighted by molar-refractivity contribution is -0.144. The normalized spacial score (nSPS) is 11.3. The highest BCUT2D eigenvalue weighted by atomic mass is 16.5. The number of benzene rings is 2. The van der Waals surface area contributed by atoms with Gasteiger partial charge in [-0.2, -0.15) is 9.97 Å². The number of nitrogen functional groups attached to an aromatic ring is 1. The summed E-state index contributed by atoms with van der Waals surface area (Å²) in [5.41, 5.74) is 8.54. The molecule has 17 nitrogen and oxygen atoms in total. The first-order valence-electron chi connectivity index (χ1n) is 14.4. The van der Waals surface area contributed by atoms with Crippen molar-refractivity contribution >= 4 is 65.1 Å². The molecule has 1 unspecified atom stereocenters. The molecule has 6 N–H and O–H groups in total. The molecule has 0 spiro atoms. The van der Waals surface area contributed by atoms with Crippen LogP contribution < -0.4 is 26.7 Å². The molecule has 0 radical (unpaired) electrons. The minimum atomic E-state index is -1.61. The number of anilines is 3. The van der Waals surface area contributed by atoms with Gasteiger partial charge in [-0.1, -0.05) is 24.3 Å². The van der Waals surface area contributed by atoms with Crippen molar-refractivity contribution in [1.82, 2.24) is 25.3 Å². The summed E-state index contributed by atoms with van der Waals surface area (Å²) >= 11 is 0. The maximum atomic E-state index is 12.8. The van der Waals surface area contributed by atoms with Crippen LogP contribution >= 0.6 is 0 Å². The van der Waals surface area contributed by atoms with Crippen LogP contribution in [0, 0.1) is 0 Å². The number of carbonyl (C=O) groups is 4. The monoisotopic (exact) mass is 660 g/mol. The molecule has 2 aromatic carbocycles. The van der Waals surface area contributed by atoms with E-state index in [9.17, 15) is 29.2 Å². The Bertz CT molecular complexity index is 1780. The second-order valence-electron chi connectivity index (χ2n) is 10.3. The van der Waals surface area contributed by atoms with Gasteiger partial charge in [-0.3, -0.25) is 14.9 Å². The summed E-state index contributed by atoms with van der Waals surface area (Å²) in [6.07, 6.45) is 0.606. The van der Waals surface area contributed by atoms with Gasteiger partial charge in [0.1, 0.15) is 12.6 Å². The van der Waals surface area contributed by atoms with Gasteiger partial charge in [0.05, 0.1) is 32.7 Å². The Morgan fingerprint density at radius 2 is 1.69 bits per heavy atom. The zero-order valence-electron chi connectivity index (χ0n) is 26.2. The van der Waals surface area contributed by atoms with Gasteiger partial charge in [-0.05, 0) is 41.7 Å². The van der Waals surface area contributed by atoms with Crippen LogP contribution in [-0.4, -0.2) is 88.4 Å². The average molecular weight is 660 g/mol. The molecule has 0 aliphatic carbocycles. The Hall–Kier alpha value is -5.88. The van der Waals surface area contributed by atoms with Crippen LogP contribution in [0.3, 0.4) is 0 Å². The smallest absolute Gasteiger partial charge is 0.469 e.